The summed E-state index contributed by atoms with van der Waals surface area (Å²) in [5, 5.41) is 12.2. The number of hydrogen-bond acceptors (Lipinski definition) is 2. The highest BCUT2D eigenvalue weighted by Crippen LogP contribution is 2.23. The van der Waals surface area contributed by atoms with Crippen LogP contribution in [-0.2, 0) is 4.79 Å². The average Bonchev–Trinajstić information content (AvgIpc) is 2.41. The van der Waals surface area contributed by atoms with E-state index in [2.05, 4.69) is 19.2 Å². The summed E-state index contributed by atoms with van der Waals surface area (Å²) in [6, 6.07) is 0.934. The Kier molecular flexibility index (Phi) is 5.81. The summed E-state index contributed by atoms with van der Waals surface area (Å²) in [6.45, 7) is 4.42. The first-order valence-electron chi connectivity index (χ1n) is 6.55. The van der Waals surface area contributed by atoms with Gasteiger partial charge in [0.1, 0.15) is 0 Å². The molecule has 0 heterocycles. The fourth-order valence-corrected chi connectivity index (χ4v) is 2.48. The molecule has 1 fully saturated rings. The topological polar surface area (TPSA) is 49.3 Å². The van der Waals surface area contributed by atoms with Crippen LogP contribution in [-0.4, -0.2) is 23.2 Å². The maximum absolute atomic E-state index is 10.5. The van der Waals surface area contributed by atoms with Crippen molar-refractivity contribution in [3.63, 3.8) is 0 Å². The summed E-state index contributed by atoms with van der Waals surface area (Å²) >= 11 is 0. The molecule has 1 aliphatic rings. The monoisotopic (exact) mass is 227 g/mol. The third-order valence-corrected chi connectivity index (χ3v) is 3.57. The average molecular weight is 227 g/mol. The minimum Gasteiger partial charge on any atom is -0.481 e. The van der Waals surface area contributed by atoms with Gasteiger partial charge < -0.3 is 10.4 Å². The number of aliphatic carboxylic acids is 1. The second-order valence-corrected chi connectivity index (χ2v) is 5.31. The first kappa shape index (κ1) is 13.5. The molecule has 2 N–H and O–H groups in total. The van der Waals surface area contributed by atoms with Crippen molar-refractivity contribution >= 4 is 5.97 Å². The van der Waals surface area contributed by atoms with Gasteiger partial charge in [0.2, 0.25) is 0 Å². The van der Waals surface area contributed by atoms with Gasteiger partial charge in [0.15, 0.2) is 0 Å². The van der Waals surface area contributed by atoms with Crippen molar-refractivity contribution in [3.8, 4) is 0 Å². The molecule has 3 heteroatoms. The largest absolute Gasteiger partial charge is 0.481 e. The van der Waals surface area contributed by atoms with Crippen molar-refractivity contribution in [1.82, 2.24) is 5.32 Å². The predicted molar refractivity (Wildman–Crippen MR) is 65.5 cm³/mol. The number of hydrogen-bond donors (Lipinski definition) is 2. The highest BCUT2D eigenvalue weighted by Gasteiger charge is 2.17. The molecule has 16 heavy (non-hydrogen) atoms. The van der Waals surface area contributed by atoms with Gasteiger partial charge in [-0.1, -0.05) is 19.8 Å². The summed E-state index contributed by atoms with van der Waals surface area (Å²) in [5.74, 6) is 0.171. The molecule has 0 amide bonds. The van der Waals surface area contributed by atoms with Crippen LogP contribution in [0.1, 0.15) is 58.8 Å². The zero-order valence-electron chi connectivity index (χ0n) is 10.5. The maximum atomic E-state index is 10.5. The van der Waals surface area contributed by atoms with Crippen LogP contribution >= 0.6 is 0 Å². The zero-order chi connectivity index (χ0) is 12.0. The van der Waals surface area contributed by atoms with Crippen molar-refractivity contribution in [2.45, 2.75) is 70.9 Å². The minimum absolute atomic E-state index is 0.275. The number of nitrogens with one attached hydrogen (secondary N) is 1. The smallest absolute Gasteiger partial charge is 0.303 e. The van der Waals surface area contributed by atoms with E-state index in [1.54, 1.807) is 0 Å². The summed E-state index contributed by atoms with van der Waals surface area (Å²) in [4.78, 5) is 10.5. The molecule has 94 valence electrons. The molecular weight excluding hydrogens is 202 g/mol. The van der Waals surface area contributed by atoms with E-state index >= 15 is 0 Å². The van der Waals surface area contributed by atoms with E-state index in [0.717, 1.165) is 12.3 Å². The molecule has 0 aromatic rings. The Bertz CT molecular complexity index is 218. The lowest BCUT2D eigenvalue weighted by molar-refractivity contribution is -0.137. The van der Waals surface area contributed by atoms with Crippen LogP contribution in [0.3, 0.4) is 0 Å². The molecule has 0 spiro atoms. The second-order valence-electron chi connectivity index (χ2n) is 5.31. The molecule has 1 rings (SSSR count). The van der Waals surface area contributed by atoms with Crippen molar-refractivity contribution in [2.75, 3.05) is 0 Å². The van der Waals surface area contributed by atoms with Gasteiger partial charge in [-0.25, -0.2) is 0 Å². The van der Waals surface area contributed by atoms with Gasteiger partial charge in [-0.3, -0.25) is 4.79 Å². The van der Waals surface area contributed by atoms with Gasteiger partial charge in [0, 0.05) is 18.5 Å². The van der Waals surface area contributed by atoms with E-state index in [1.165, 1.54) is 32.1 Å². The highest BCUT2D eigenvalue weighted by molar-refractivity contribution is 5.66. The highest BCUT2D eigenvalue weighted by atomic mass is 16.4. The molecule has 3 unspecified atom stereocenters. The van der Waals surface area contributed by atoms with Crippen molar-refractivity contribution in [1.29, 1.82) is 0 Å². The maximum Gasteiger partial charge on any atom is 0.303 e. The minimum atomic E-state index is -0.692. The van der Waals surface area contributed by atoms with Gasteiger partial charge in [-0.2, -0.15) is 0 Å². The van der Waals surface area contributed by atoms with Crippen LogP contribution in [0, 0.1) is 5.92 Å². The Morgan fingerprint density at radius 2 is 2.12 bits per heavy atom. The van der Waals surface area contributed by atoms with Crippen LogP contribution < -0.4 is 5.32 Å². The summed E-state index contributed by atoms with van der Waals surface area (Å²) in [6.07, 6.45) is 7.48. The van der Waals surface area contributed by atoms with Crippen molar-refractivity contribution in [2.24, 2.45) is 5.92 Å². The Morgan fingerprint density at radius 3 is 2.81 bits per heavy atom. The van der Waals surface area contributed by atoms with Crippen molar-refractivity contribution < 1.29 is 9.90 Å². The van der Waals surface area contributed by atoms with E-state index in [4.69, 9.17) is 5.11 Å². The first-order valence-corrected chi connectivity index (χ1v) is 6.55. The van der Waals surface area contributed by atoms with Gasteiger partial charge >= 0.3 is 5.97 Å². The fraction of sp³-hybridized carbons (Fsp3) is 0.923. The normalized spacial score (nSPS) is 28.4. The van der Waals surface area contributed by atoms with Crippen LogP contribution in [0.4, 0.5) is 0 Å². The molecule has 0 saturated heterocycles. The van der Waals surface area contributed by atoms with Crippen molar-refractivity contribution in [3.05, 3.63) is 0 Å². The standard InChI is InChI=1S/C13H25NO2/c1-10-4-3-5-12(8-6-10)14-11(2)7-9-13(15)16/h10-12,14H,3-9H2,1-2H3,(H,15,16). The van der Waals surface area contributed by atoms with E-state index in [9.17, 15) is 4.79 Å². The molecule has 0 bridgehead atoms. The lowest BCUT2D eigenvalue weighted by Gasteiger charge is -2.21. The van der Waals surface area contributed by atoms with Gasteiger partial charge in [-0.05, 0) is 38.5 Å². The van der Waals surface area contributed by atoms with Crippen LogP contribution in [0.25, 0.3) is 0 Å². The van der Waals surface area contributed by atoms with Crippen LogP contribution in [0.5, 0.6) is 0 Å². The molecule has 0 aliphatic heterocycles. The zero-order valence-corrected chi connectivity index (χ0v) is 10.5. The predicted octanol–water partition coefficient (Wildman–Crippen LogP) is 2.80. The number of carboxylic acid groups (broad SMARTS) is 1. The van der Waals surface area contributed by atoms with Gasteiger partial charge in [0.25, 0.3) is 0 Å². The summed E-state index contributed by atoms with van der Waals surface area (Å²) in [5.41, 5.74) is 0. The quantitative estimate of drug-likeness (QED) is 0.710. The lowest BCUT2D eigenvalue weighted by Crippen LogP contribution is -2.36. The Balaban J connectivity index is 2.21. The fourth-order valence-electron chi connectivity index (χ4n) is 2.48. The van der Waals surface area contributed by atoms with Crippen LogP contribution in [0.2, 0.25) is 0 Å². The Morgan fingerprint density at radius 1 is 1.38 bits per heavy atom. The number of rotatable bonds is 5. The van der Waals surface area contributed by atoms with Crippen LogP contribution in [0.15, 0.2) is 0 Å². The molecule has 0 aromatic heterocycles. The van der Waals surface area contributed by atoms with E-state index in [1.807, 2.05) is 0 Å². The Hall–Kier alpha value is -0.570. The first-order chi connectivity index (χ1) is 7.58. The van der Waals surface area contributed by atoms with Gasteiger partial charge in [-0.15, -0.1) is 0 Å². The molecule has 1 saturated carbocycles. The number of carboxylic acids is 1. The SMILES string of the molecule is CC1CCCC(NC(C)CCC(=O)O)CC1. The molecule has 3 atom stereocenters. The second kappa shape index (κ2) is 6.89. The molecule has 3 nitrogen and oxygen atoms in total. The summed E-state index contributed by atoms with van der Waals surface area (Å²) < 4.78 is 0. The summed E-state index contributed by atoms with van der Waals surface area (Å²) in [7, 11) is 0. The van der Waals surface area contributed by atoms with Gasteiger partial charge in [0.05, 0.1) is 0 Å². The third-order valence-electron chi connectivity index (χ3n) is 3.57. The lowest BCUT2D eigenvalue weighted by atomic mass is 10.0. The Labute approximate surface area is 98.6 Å². The number of carbonyl (C=O) groups is 1. The molecule has 0 radical (unpaired) electrons. The van der Waals surface area contributed by atoms with E-state index < -0.39 is 5.97 Å². The molecule has 0 aromatic carbocycles. The molecule has 1 aliphatic carbocycles. The third kappa shape index (κ3) is 5.50. The molecular formula is C13H25NO2. The van der Waals surface area contributed by atoms with E-state index in [-0.39, 0.29) is 6.42 Å². The van der Waals surface area contributed by atoms with E-state index in [0.29, 0.717) is 12.1 Å².